The minimum atomic E-state index is -1.26. The Morgan fingerprint density at radius 3 is 2.61 bits per heavy atom. The Labute approximate surface area is 109 Å². The molecular weight excluding hydrogens is 250 g/mol. The molecule has 0 aliphatic carbocycles. The first kappa shape index (κ1) is 12.3. The average Bonchev–Trinajstić information content (AvgIpc) is 2.38. The molecule has 0 saturated carbocycles. The highest BCUT2D eigenvalue weighted by Gasteiger charge is 2.04. The molecule has 4 heteroatoms. The third-order valence-electron chi connectivity index (χ3n) is 2.40. The Morgan fingerprint density at radius 2 is 2.00 bits per heavy atom. The molecule has 0 spiro atoms. The highest BCUT2D eigenvalue weighted by Crippen LogP contribution is 2.22. The van der Waals surface area contributed by atoms with E-state index in [4.69, 9.17) is 11.6 Å². The SMILES string of the molecule is O=C([O-])/C(=C/c1ccccc1Cl)c1cccnc1. The topological polar surface area (TPSA) is 53.0 Å². The number of rotatable bonds is 3. The van der Waals surface area contributed by atoms with Crippen LogP contribution in [0.5, 0.6) is 0 Å². The molecule has 2 rings (SSSR count). The predicted molar refractivity (Wildman–Crippen MR) is 68.6 cm³/mol. The van der Waals surface area contributed by atoms with Gasteiger partial charge in [0.05, 0.1) is 5.97 Å². The number of halogens is 1. The molecular formula is C14H9ClNO2-. The maximum Gasteiger partial charge on any atom is 0.0722 e. The highest BCUT2D eigenvalue weighted by molar-refractivity contribution is 6.33. The van der Waals surface area contributed by atoms with Gasteiger partial charge in [-0.3, -0.25) is 4.98 Å². The van der Waals surface area contributed by atoms with Crippen molar-refractivity contribution in [2.75, 3.05) is 0 Å². The lowest BCUT2D eigenvalue weighted by Gasteiger charge is -2.09. The zero-order chi connectivity index (χ0) is 13.0. The van der Waals surface area contributed by atoms with Gasteiger partial charge in [0, 0.05) is 28.6 Å². The summed E-state index contributed by atoms with van der Waals surface area (Å²) in [7, 11) is 0. The lowest BCUT2D eigenvalue weighted by molar-refractivity contribution is -0.295. The second-order valence-corrected chi connectivity index (χ2v) is 4.02. The van der Waals surface area contributed by atoms with E-state index in [9.17, 15) is 9.90 Å². The molecule has 0 unspecified atom stereocenters. The second-order valence-electron chi connectivity index (χ2n) is 3.61. The fraction of sp³-hybridized carbons (Fsp3) is 0. The highest BCUT2D eigenvalue weighted by atomic mass is 35.5. The number of benzene rings is 1. The van der Waals surface area contributed by atoms with Crippen LogP contribution in [-0.4, -0.2) is 11.0 Å². The fourth-order valence-electron chi connectivity index (χ4n) is 1.53. The lowest BCUT2D eigenvalue weighted by atomic mass is 10.0. The third kappa shape index (κ3) is 2.76. The van der Waals surface area contributed by atoms with Crippen molar-refractivity contribution in [3.8, 4) is 0 Å². The molecule has 1 heterocycles. The maximum atomic E-state index is 11.2. The van der Waals surface area contributed by atoms with Gasteiger partial charge in [0.2, 0.25) is 0 Å². The summed E-state index contributed by atoms with van der Waals surface area (Å²) in [4.78, 5) is 15.1. The van der Waals surface area contributed by atoms with E-state index in [2.05, 4.69) is 4.98 Å². The first-order valence-electron chi connectivity index (χ1n) is 5.26. The number of nitrogens with zero attached hydrogens (tertiary/aromatic N) is 1. The molecule has 1 aromatic carbocycles. The summed E-state index contributed by atoms with van der Waals surface area (Å²) in [6, 6.07) is 10.3. The zero-order valence-electron chi connectivity index (χ0n) is 9.34. The summed E-state index contributed by atoms with van der Waals surface area (Å²) in [6.45, 7) is 0. The van der Waals surface area contributed by atoms with E-state index in [1.165, 1.54) is 12.3 Å². The van der Waals surface area contributed by atoms with E-state index in [-0.39, 0.29) is 5.57 Å². The molecule has 0 atom stereocenters. The molecule has 2 aromatic rings. The van der Waals surface area contributed by atoms with Crippen LogP contribution in [0.1, 0.15) is 11.1 Å². The Morgan fingerprint density at radius 1 is 1.22 bits per heavy atom. The van der Waals surface area contributed by atoms with Gasteiger partial charge in [0.15, 0.2) is 0 Å². The quantitative estimate of drug-likeness (QED) is 0.792. The van der Waals surface area contributed by atoms with Crippen LogP contribution in [0.15, 0.2) is 48.8 Å². The van der Waals surface area contributed by atoms with Gasteiger partial charge >= 0.3 is 0 Å². The summed E-state index contributed by atoms with van der Waals surface area (Å²) in [5, 5.41) is 11.7. The van der Waals surface area contributed by atoms with Crippen molar-refractivity contribution < 1.29 is 9.90 Å². The molecule has 0 saturated heterocycles. The number of carbonyl (C=O) groups excluding carboxylic acids is 1. The number of carboxylic acids is 1. The van der Waals surface area contributed by atoms with E-state index in [0.29, 0.717) is 16.1 Å². The van der Waals surface area contributed by atoms with Gasteiger partial charge in [-0.25, -0.2) is 0 Å². The Kier molecular flexibility index (Phi) is 3.75. The number of pyridine rings is 1. The number of aromatic nitrogens is 1. The van der Waals surface area contributed by atoms with E-state index in [1.54, 1.807) is 42.6 Å². The standard InChI is InChI=1S/C14H10ClNO2/c15-13-6-2-1-4-10(13)8-12(14(17)18)11-5-3-7-16-9-11/h1-9H,(H,17,18)/p-1/b12-8+. The van der Waals surface area contributed by atoms with Crippen LogP contribution in [0.2, 0.25) is 5.02 Å². The fourth-order valence-corrected chi connectivity index (χ4v) is 1.72. The van der Waals surface area contributed by atoms with Crippen LogP contribution in [0, 0.1) is 0 Å². The number of carbonyl (C=O) groups is 1. The van der Waals surface area contributed by atoms with E-state index in [0.717, 1.165) is 0 Å². The van der Waals surface area contributed by atoms with Crippen LogP contribution in [0.4, 0.5) is 0 Å². The average molecular weight is 259 g/mol. The number of carboxylic acid groups (broad SMARTS) is 1. The van der Waals surface area contributed by atoms with Crippen LogP contribution in [0.25, 0.3) is 11.6 Å². The van der Waals surface area contributed by atoms with Gasteiger partial charge in [-0.2, -0.15) is 0 Å². The molecule has 0 bridgehead atoms. The first-order valence-corrected chi connectivity index (χ1v) is 5.64. The molecule has 0 aliphatic heterocycles. The molecule has 3 nitrogen and oxygen atoms in total. The molecule has 18 heavy (non-hydrogen) atoms. The molecule has 90 valence electrons. The third-order valence-corrected chi connectivity index (χ3v) is 2.74. The summed E-state index contributed by atoms with van der Waals surface area (Å²) in [5.41, 5.74) is 1.16. The van der Waals surface area contributed by atoms with Crippen molar-refractivity contribution in [3.63, 3.8) is 0 Å². The largest absolute Gasteiger partial charge is 0.545 e. The lowest BCUT2D eigenvalue weighted by Crippen LogP contribution is -2.23. The summed E-state index contributed by atoms with van der Waals surface area (Å²) >= 11 is 5.99. The Hall–Kier alpha value is -2.13. The van der Waals surface area contributed by atoms with Crippen molar-refractivity contribution in [2.24, 2.45) is 0 Å². The summed E-state index contributed by atoms with van der Waals surface area (Å²) in [6.07, 6.45) is 4.53. The number of hydrogen-bond acceptors (Lipinski definition) is 3. The van der Waals surface area contributed by atoms with Gasteiger partial charge in [-0.1, -0.05) is 35.9 Å². The van der Waals surface area contributed by atoms with Crippen LogP contribution in [-0.2, 0) is 4.79 Å². The molecule has 0 aliphatic rings. The van der Waals surface area contributed by atoms with E-state index < -0.39 is 5.97 Å². The van der Waals surface area contributed by atoms with E-state index in [1.807, 2.05) is 0 Å². The molecule has 0 radical (unpaired) electrons. The van der Waals surface area contributed by atoms with Crippen molar-refractivity contribution >= 4 is 29.2 Å². The minimum Gasteiger partial charge on any atom is -0.545 e. The Bertz CT molecular complexity index is 594. The molecule has 0 amide bonds. The monoisotopic (exact) mass is 258 g/mol. The van der Waals surface area contributed by atoms with Gasteiger partial charge in [0.1, 0.15) is 0 Å². The molecule has 0 fully saturated rings. The van der Waals surface area contributed by atoms with Crippen molar-refractivity contribution in [1.82, 2.24) is 4.98 Å². The van der Waals surface area contributed by atoms with Crippen LogP contribution >= 0.6 is 11.6 Å². The summed E-state index contributed by atoms with van der Waals surface area (Å²) in [5.74, 6) is -1.26. The minimum absolute atomic E-state index is 0.0520. The van der Waals surface area contributed by atoms with Crippen LogP contribution < -0.4 is 5.11 Å². The second kappa shape index (κ2) is 5.47. The van der Waals surface area contributed by atoms with E-state index >= 15 is 0 Å². The number of aliphatic carboxylic acids is 1. The predicted octanol–water partition coefficient (Wildman–Crippen LogP) is 2.03. The van der Waals surface area contributed by atoms with Gasteiger partial charge < -0.3 is 9.90 Å². The first-order chi connectivity index (χ1) is 8.68. The van der Waals surface area contributed by atoms with Gasteiger partial charge in [0.25, 0.3) is 0 Å². The smallest absolute Gasteiger partial charge is 0.0722 e. The zero-order valence-corrected chi connectivity index (χ0v) is 10.1. The van der Waals surface area contributed by atoms with Crippen molar-refractivity contribution in [2.45, 2.75) is 0 Å². The molecule has 1 aromatic heterocycles. The summed E-state index contributed by atoms with van der Waals surface area (Å²) < 4.78 is 0. The molecule has 0 N–H and O–H groups in total. The van der Waals surface area contributed by atoms with Crippen LogP contribution in [0.3, 0.4) is 0 Å². The van der Waals surface area contributed by atoms with Crippen molar-refractivity contribution in [1.29, 1.82) is 0 Å². The normalized spacial score (nSPS) is 11.3. The maximum absolute atomic E-state index is 11.2. The van der Waals surface area contributed by atoms with Crippen molar-refractivity contribution in [3.05, 3.63) is 64.9 Å². The van der Waals surface area contributed by atoms with Gasteiger partial charge in [-0.05, 0) is 23.8 Å². The number of hydrogen-bond donors (Lipinski definition) is 0. The Balaban J connectivity index is 2.50. The van der Waals surface area contributed by atoms with Gasteiger partial charge in [-0.15, -0.1) is 0 Å².